The number of hydrogen-bond acceptors (Lipinski definition) is 5. The van der Waals surface area contributed by atoms with Crippen LogP contribution in [-0.4, -0.2) is 48.2 Å². The Morgan fingerprint density at radius 2 is 1.85 bits per heavy atom. The third-order valence-electron chi connectivity index (χ3n) is 6.73. The van der Waals surface area contributed by atoms with Gasteiger partial charge in [0, 0.05) is 24.5 Å². The van der Waals surface area contributed by atoms with E-state index in [0.717, 1.165) is 11.1 Å². The molecule has 3 aliphatic heterocycles. The highest BCUT2D eigenvalue weighted by molar-refractivity contribution is 6.31. The quantitative estimate of drug-likeness (QED) is 0.656. The van der Waals surface area contributed by atoms with Gasteiger partial charge in [0.15, 0.2) is 11.5 Å². The van der Waals surface area contributed by atoms with E-state index in [9.17, 15) is 14.4 Å². The summed E-state index contributed by atoms with van der Waals surface area (Å²) < 4.78 is 10.7. The smallest absolute Gasteiger partial charge is 0.322 e. The number of hydrogen-bond donors (Lipinski definition) is 2. The minimum atomic E-state index is -1.07. The van der Waals surface area contributed by atoms with Crippen LogP contribution in [0.3, 0.4) is 0 Å². The lowest BCUT2D eigenvalue weighted by atomic mass is 9.74. The number of urea groups is 1. The molecule has 4 amide bonds. The molecule has 5 rings (SSSR count). The minimum Gasteiger partial charge on any atom is -0.454 e. The van der Waals surface area contributed by atoms with Crippen molar-refractivity contribution in [3.63, 3.8) is 0 Å². The Kier molecular flexibility index (Phi) is 5.62. The Morgan fingerprint density at radius 3 is 2.58 bits per heavy atom. The SMILES string of the molecule is O=C1NC(=O)[C@](Cc2ccccc2Cl)(C2CCN(C(=O)Cc3ccc4c(c3)OCO4)CC2)N1. The molecule has 2 saturated heterocycles. The number of likely N-dealkylation sites (tertiary alicyclic amines) is 1. The Bertz CT molecular complexity index is 1120. The van der Waals surface area contributed by atoms with Gasteiger partial charge in [-0.3, -0.25) is 14.9 Å². The van der Waals surface area contributed by atoms with Gasteiger partial charge in [0.2, 0.25) is 12.7 Å². The van der Waals surface area contributed by atoms with E-state index < -0.39 is 11.6 Å². The van der Waals surface area contributed by atoms with Crippen molar-refractivity contribution in [2.75, 3.05) is 19.9 Å². The molecular weight excluding hydrogens is 446 g/mol. The zero-order chi connectivity index (χ0) is 23.0. The summed E-state index contributed by atoms with van der Waals surface area (Å²) in [6.45, 7) is 1.23. The molecule has 1 atom stereocenters. The first-order valence-electron chi connectivity index (χ1n) is 11.0. The van der Waals surface area contributed by atoms with Crippen molar-refractivity contribution in [2.24, 2.45) is 5.92 Å². The van der Waals surface area contributed by atoms with Crippen LogP contribution in [0.25, 0.3) is 0 Å². The number of carbonyl (C=O) groups is 3. The predicted octanol–water partition coefficient (Wildman–Crippen LogP) is 2.67. The molecule has 2 aromatic rings. The Balaban J connectivity index is 1.27. The summed E-state index contributed by atoms with van der Waals surface area (Å²) in [6, 6.07) is 12.4. The van der Waals surface area contributed by atoms with Crippen LogP contribution in [0.1, 0.15) is 24.0 Å². The highest BCUT2D eigenvalue weighted by Gasteiger charge is 2.52. The summed E-state index contributed by atoms with van der Waals surface area (Å²) in [6.07, 6.45) is 1.78. The fraction of sp³-hybridized carbons (Fsp3) is 0.375. The molecule has 2 aromatic carbocycles. The third-order valence-corrected chi connectivity index (χ3v) is 7.10. The van der Waals surface area contributed by atoms with Crippen molar-refractivity contribution < 1.29 is 23.9 Å². The van der Waals surface area contributed by atoms with E-state index >= 15 is 0 Å². The summed E-state index contributed by atoms with van der Waals surface area (Å²) in [5.74, 6) is 0.913. The van der Waals surface area contributed by atoms with Crippen molar-refractivity contribution in [2.45, 2.75) is 31.2 Å². The Labute approximate surface area is 196 Å². The molecule has 2 N–H and O–H groups in total. The lowest BCUT2D eigenvalue weighted by molar-refractivity contribution is -0.133. The van der Waals surface area contributed by atoms with E-state index in [0.29, 0.717) is 48.9 Å². The van der Waals surface area contributed by atoms with Gasteiger partial charge in [-0.15, -0.1) is 0 Å². The molecule has 2 fully saturated rings. The molecule has 0 saturated carbocycles. The van der Waals surface area contributed by atoms with Crippen LogP contribution < -0.4 is 20.1 Å². The van der Waals surface area contributed by atoms with Gasteiger partial charge in [0.25, 0.3) is 5.91 Å². The lowest BCUT2D eigenvalue weighted by Crippen LogP contribution is -2.58. The van der Waals surface area contributed by atoms with Crippen LogP contribution >= 0.6 is 11.6 Å². The van der Waals surface area contributed by atoms with Gasteiger partial charge in [-0.2, -0.15) is 0 Å². The summed E-state index contributed by atoms with van der Waals surface area (Å²) in [5, 5.41) is 5.84. The monoisotopic (exact) mass is 469 g/mol. The number of nitrogens with zero attached hydrogens (tertiary/aromatic N) is 1. The van der Waals surface area contributed by atoms with Gasteiger partial charge in [-0.1, -0.05) is 35.9 Å². The van der Waals surface area contributed by atoms with E-state index in [4.69, 9.17) is 21.1 Å². The van der Waals surface area contributed by atoms with Crippen molar-refractivity contribution in [3.05, 3.63) is 58.6 Å². The number of halogens is 1. The fourth-order valence-corrected chi connectivity index (χ4v) is 5.17. The number of benzene rings is 2. The van der Waals surface area contributed by atoms with E-state index in [1.807, 2.05) is 41.3 Å². The van der Waals surface area contributed by atoms with E-state index in [1.54, 1.807) is 6.07 Å². The van der Waals surface area contributed by atoms with Crippen molar-refractivity contribution >= 4 is 29.4 Å². The van der Waals surface area contributed by atoms with Crippen LogP contribution in [0, 0.1) is 5.92 Å². The second-order valence-electron chi connectivity index (χ2n) is 8.67. The third kappa shape index (κ3) is 4.11. The normalized spacial score (nSPS) is 22.3. The molecule has 172 valence electrons. The Morgan fingerprint density at radius 1 is 1.09 bits per heavy atom. The van der Waals surface area contributed by atoms with Gasteiger partial charge in [-0.25, -0.2) is 4.79 Å². The molecular formula is C24H24ClN3O5. The maximum Gasteiger partial charge on any atom is 0.322 e. The summed E-state index contributed by atoms with van der Waals surface area (Å²) >= 11 is 6.35. The van der Waals surface area contributed by atoms with Gasteiger partial charge < -0.3 is 19.7 Å². The fourth-order valence-electron chi connectivity index (χ4n) is 4.96. The molecule has 0 spiro atoms. The number of fused-ring (bicyclic) bond motifs is 1. The maximum absolute atomic E-state index is 12.9. The molecule has 0 bridgehead atoms. The van der Waals surface area contributed by atoms with Crippen molar-refractivity contribution in [3.8, 4) is 11.5 Å². The van der Waals surface area contributed by atoms with Gasteiger partial charge >= 0.3 is 6.03 Å². The average Bonchev–Trinajstić information content (AvgIpc) is 3.39. The van der Waals surface area contributed by atoms with E-state index in [-0.39, 0.29) is 30.9 Å². The molecule has 3 aliphatic rings. The standard InChI is InChI=1S/C24H24ClN3O5/c25-18-4-2-1-3-16(18)13-24(22(30)26-23(31)27-24)17-7-9-28(10-8-17)21(29)12-15-5-6-19-20(11-15)33-14-32-19/h1-6,11,17H,7-10,12-14H2,(H2,26,27,30,31)/t24-/m0/s1. The number of ether oxygens (including phenoxy) is 2. The summed E-state index contributed by atoms with van der Waals surface area (Å²) in [7, 11) is 0. The van der Waals surface area contributed by atoms with Crippen molar-refractivity contribution in [1.82, 2.24) is 15.5 Å². The first kappa shape index (κ1) is 21.6. The first-order chi connectivity index (χ1) is 15.9. The van der Waals surface area contributed by atoms with Crippen LogP contribution in [0.15, 0.2) is 42.5 Å². The number of rotatable bonds is 5. The second-order valence-corrected chi connectivity index (χ2v) is 9.07. The van der Waals surface area contributed by atoms with Crippen LogP contribution in [0.4, 0.5) is 4.79 Å². The second kappa shape index (κ2) is 8.59. The minimum absolute atomic E-state index is 0.0207. The molecule has 33 heavy (non-hydrogen) atoms. The molecule has 0 aliphatic carbocycles. The van der Waals surface area contributed by atoms with Gasteiger partial charge in [0.05, 0.1) is 6.42 Å². The van der Waals surface area contributed by atoms with Crippen LogP contribution in [-0.2, 0) is 22.4 Å². The molecule has 9 heteroatoms. The zero-order valence-corrected chi connectivity index (χ0v) is 18.7. The van der Waals surface area contributed by atoms with Crippen molar-refractivity contribution in [1.29, 1.82) is 0 Å². The molecule has 3 heterocycles. The number of nitrogens with one attached hydrogen (secondary N) is 2. The number of piperidine rings is 1. The Hall–Kier alpha value is -3.26. The molecule has 8 nitrogen and oxygen atoms in total. The number of imide groups is 1. The van der Waals surface area contributed by atoms with Gasteiger partial charge in [-0.05, 0) is 48.1 Å². The average molecular weight is 470 g/mol. The van der Waals surface area contributed by atoms with E-state index in [1.165, 1.54) is 0 Å². The summed E-state index contributed by atoms with van der Waals surface area (Å²) in [5.41, 5.74) is 0.593. The topological polar surface area (TPSA) is 97.0 Å². The van der Waals surface area contributed by atoms with E-state index in [2.05, 4.69) is 10.6 Å². The molecule has 0 radical (unpaired) electrons. The number of carbonyl (C=O) groups excluding carboxylic acids is 3. The highest BCUT2D eigenvalue weighted by atomic mass is 35.5. The number of amides is 4. The molecule has 0 unspecified atom stereocenters. The largest absolute Gasteiger partial charge is 0.454 e. The van der Waals surface area contributed by atoms with Crippen LogP contribution in [0.2, 0.25) is 5.02 Å². The maximum atomic E-state index is 12.9. The predicted molar refractivity (Wildman–Crippen MR) is 120 cm³/mol. The highest BCUT2D eigenvalue weighted by Crippen LogP contribution is 2.36. The van der Waals surface area contributed by atoms with Crippen LogP contribution in [0.5, 0.6) is 11.5 Å². The first-order valence-corrected chi connectivity index (χ1v) is 11.4. The lowest BCUT2D eigenvalue weighted by Gasteiger charge is -2.41. The zero-order valence-electron chi connectivity index (χ0n) is 17.9. The molecule has 0 aromatic heterocycles. The van der Waals surface area contributed by atoms with Gasteiger partial charge in [0.1, 0.15) is 5.54 Å². The summed E-state index contributed by atoms with van der Waals surface area (Å²) in [4.78, 5) is 39.7.